The van der Waals surface area contributed by atoms with E-state index in [4.69, 9.17) is 0 Å². The number of hydrogen-bond donors (Lipinski definition) is 1. The standard InChI is InChI=1S/C16H16O2/c1-2-15(17)9-10-16(18)14-8-7-12-5-3-4-6-13(12)11-14/h2-8,11,15,17H,1,9-10H2. The average Bonchev–Trinajstić information content (AvgIpc) is 2.43. The van der Waals surface area contributed by atoms with Gasteiger partial charge in [0.05, 0.1) is 6.10 Å². The van der Waals surface area contributed by atoms with E-state index in [0.29, 0.717) is 18.4 Å². The maximum Gasteiger partial charge on any atom is 0.163 e. The maximum absolute atomic E-state index is 12.0. The normalized spacial score (nSPS) is 12.3. The van der Waals surface area contributed by atoms with Crippen molar-refractivity contribution in [1.29, 1.82) is 0 Å². The van der Waals surface area contributed by atoms with Gasteiger partial charge in [-0.1, -0.05) is 42.5 Å². The molecule has 1 N–H and O–H groups in total. The Kier molecular flexibility index (Phi) is 3.90. The molecule has 1 atom stereocenters. The van der Waals surface area contributed by atoms with Crippen LogP contribution in [-0.4, -0.2) is 17.0 Å². The van der Waals surface area contributed by atoms with Crippen molar-refractivity contribution >= 4 is 16.6 Å². The summed E-state index contributed by atoms with van der Waals surface area (Å²) in [5, 5.41) is 11.5. The Bertz CT molecular complexity index is 572. The second kappa shape index (κ2) is 5.61. The molecule has 0 saturated carbocycles. The van der Waals surface area contributed by atoms with Gasteiger partial charge in [-0.15, -0.1) is 6.58 Å². The van der Waals surface area contributed by atoms with Gasteiger partial charge in [0.1, 0.15) is 0 Å². The van der Waals surface area contributed by atoms with Gasteiger partial charge in [0.2, 0.25) is 0 Å². The Morgan fingerprint density at radius 2 is 1.94 bits per heavy atom. The molecule has 2 nitrogen and oxygen atoms in total. The van der Waals surface area contributed by atoms with Crippen molar-refractivity contribution in [3.63, 3.8) is 0 Å². The predicted molar refractivity (Wildman–Crippen MR) is 73.7 cm³/mol. The van der Waals surface area contributed by atoms with E-state index in [1.54, 1.807) is 0 Å². The first-order valence-electron chi connectivity index (χ1n) is 6.03. The summed E-state index contributed by atoms with van der Waals surface area (Å²) in [6, 6.07) is 13.6. The number of aliphatic hydroxyl groups excluding tert-OH is 1. The van der Waals surface area contributed by atoms with Crippen LogP contribution in [0.2, 0.25) is 0 Å². The van der Waals surface area contributed by atoms with E-state index in [1.807, 2.05) is 42.5 Å². The van der Waals surface area contributed by atoms with Gasteiger partial charge in [0, 0.05) is 12.0 Å². The van der Waals surface area contributed by atoms with Crippen molar-refractivity contribution in [3.8, 4) is 0 Å². The van der Waals surface area contributed by atoms with E-state index < -0.39 is 6.10 Å². The number of ketones is 1. The maximum atomic E-state index is 12.0. The average molecular weight is 240 g/mol. The van der Waals surface area contributed by atoms with E-state index in [9.17, 15) is 9.90 Å². The fourth-order valence-corrected chi connectivity index (χ4v) is 1.90. The molecule has 0 aliphatic heterocycles. The Hall–Kier alpha value is -1.93. The zero-order chi connectivity index (χ0) is 13.0. The summed E-state index contributed by atoms with van der Waals surface area (Å²) in [7, 11) is 0. The Balaban J connectivity index is 2.15. The zero-order valence-corrected chi connectivity index (χ0v) is 10.2. The first kappa shape index (κ1) is 12.5. The molecule has 2 rings (SSSR count). The minimum absolute atomic E-state index is 0.0571. The van der Waals surface area contributed by atoms with Gasteiger partial charge in [-0.25, -0.2) is 0 Å². The summed E-state index contributed by atoms with van der Waals surface area (Å²) >= 11 is 0. The second-order valence-corrected chi connectivity index (χ2v) is 4.33. The van der Waals surface area contributed by atoms with E-state index in [-0.39, 0.29) is 5.78 Å². The zero-order valence-electron chi connectivity index (χ0n) is 10.2. The van der Waals surface area contributed by atoms with Crippen LogP contribution < -0.4 is 0 Å². The van der Waals surface area contributed by atoms with Gasteiger partial charge in [-0.05, 0) is 23.3 Å². The molecular formula is C16H16O2. The van der Waals surface area contributed by atoms with Gasteiger partial charge in [0.25, 0.3) is 0 Å². The first-order valence-corrected chi connectivity index (χ1v) is 6.03. The number of hydrogen-bond acceptors (Lipinski definition) is 2. The minimum Gasteiger partial charge on any atom is -0.389 e. The molecule has 0 radical (unpaired) electrons. The van der Waals surface area contributed by atoms with Crippen LogP contribution >= 0.6 is 0 Å². The molecule has 0 heterocycles. The summed E-state index contributed by atoms with van der Waals surface area (Å²) in [4.78, 5) is 12.0. The van der Waals surface area contributed by atoms with Gasteiger partial charge in [-0.3, -0.25) is 4.79 Å². The van der Waals surface area contributed by atoms with Crippen LogP contribution in [0, 0.1) is 0 Å². The smallest absolute Gasteiger partial charge is 0.163 e. The number of Topliss-reactive ketones (excluding diaryl/α,β-unsaturated/α-hetero) is 1. The highest BCUT2D eigenvalue weighted by atomic mass is 16.3. The lowest BCUT2D eigenvalue weighted by Crippen LogP contribution is -2.06. The highest BCUT2D eigenvalue weighted by Crippen LogP contribution is 2.17. The number of rotatable bonds is 5. The molecule has 18 heavy (non-hydrogen) atoms. The topological polar surface area (TPSA) is 37.3 Å². The summed E-state index contributed by atoms with van der Waals surface area (Å²) in [6.45, 7) is 3.49. The molecule has 2 aromatic carbocycles. The molecule has 1 unspecified atom stereocenters. The fraction of sp³-hybridized carbons (Fsp3) is 0.188. The number of carbonyl (C=O) groups excluding carboxylic acids is 1. The summed E-state index contributed by atoms with van der Waals surface area (Å²) < 4.78 is 0. The number of fused-ring (bicyclic) bond motifs is 1. The summed E-state index contributed by atoms with van der Waals surface area (Å²) in [5.74, 6) is 0.0571. The number of carbonyl (C=O) groups is 1. The molecular weight excluding hydrogens is 224 g/mol. The highest BCUT2D eigenvalue weighted by molar-refractivity contribution is 5.99. The van der Waals surface area contributed by atoms with Crippen molar-refractivity contribution in [2.75, 3.05) is 0 Å². The van der Waals surface area contributed by atoms with Crippen LogP contribution in [0.15, 0.2) is 55.1 Å². The second-order valence-electron chi connectivity index (χ2n) is 4.33. The molecule has 0 aliphatic carbocycles. The third-order valence-corrected chi connectivity index (χ3v) is 3.01. The van der Waals surface area contributed by atoms with Gasteiger partial charge in [-0.2, -0.15) is 0 Å². The van der Waals surface area contributed by atoms with Crippen molar-refractivity contribution in [2.24, 2.45) is 0 Å². The lowest BCUT2D eigenvalue weighted by Gasteiger charge is -2.05. The molecule has 0 amide bonds. The van der Waals surface area contributed by atoms with Crippen LogP contribution in [0.1, 0.15) is 23.2 Å². The van der Waals surface area contributed by atoms with Gasteiger partial charge in [0.15, 0.2) is 5.78 Å². The van der Waals surface area contributed by atoms with Crippen LogP contribution in [0.4, 0.5) is 0 Å². The lowest BCUT2D eigenvalue weighted by atomic mass is 10.0. The molecule has 0 aromatic heterocycles. The third-order valence-electron chi connectivity index (χ3n) is 3.01. The summed E-state index contributed by atoms with van der Waals surface area (Å²) in [6.07, 6.45) is 1.61. The number of benzene rings is 2. The lowest BCUT2D eigenvalue weighted by molar-refractivity contribution is 0.0959. The van der Waals surface area contributed by atoms with E-state index in [1.165, 1.54) is 6.08 Å². The Morgan fingerprint density at radius 1 is 1.22 bits per heavy atom. The van der Waals surface area contributed by atoms with Gasteiger partial charge < -0.3 is 5.11 Å². The highest BCUT2D eigenvalue weighted by Gasteiger charge is 2.08. The largest absolute Gasteiger partial charge is 0.389 e. The van der Waals surface area contributed by atoms with Gasteiger partial charge >= 0.3 is 0 Å². The molecule has 0 bridgehead atoms. The van der Waals surface area contributed by atoms with E-state index >= 15 is 0 Å². The quantitative estimate of drug-likeness (QED) is 0.642. The molecule has 0 aliphatic rings. The van der Waals surface area contributed by atoms with E-state index in [2.05, 4.69) is 6.58 Å². The van der Waals surface area contributed by atoms with E-state index in [0.717, 1.165) is 10.8 Å². The van der Waals surface area contributed by atoms with Crippen LogP contribution in [0.3, 0.4) is 0 Å². The Morgan fingerprint density at radius 3 is 2.67 bits per heavy atom. The van der Waals surface area contributed by atoms with Crippen molar-refractivity contribution in [3.05, 3.63) is 60.7 Å². The third kappa shape index (κ3) is 2.84. The molecule has 0 fully saturated rings. The predicted octanol–water partition coefficient (Wildman–Crippen LogP) is 3.35. The molecule has 0 spiro atoms. The van der Waals surface area contributed by atoms with Crippen LogP contribution in [0.5, 0.6) is 0 Å². The monoisotopic (exact) mass is 240 g/mol. The molecule has 0 saturated heterocycles. The van der Waals surface area contributed by atoms with Crippen molar-refractivity contribution in [1.82, 2.24) is 0 Å². The van der Waals surface area contributed by atoms with Crippen LogP contribution in [-0.2, 0) is 0 Å². The minimum atomic E-state index is -0.602. The number of aliphatic hydroxyl groups is 1. The SMILES string of the molecule is C=CC(O)CCC(=O)c1ccc2ccccc2c1. The fourth-order valence-electron chi connectivity index (χ4n) is 1.90. The summed E-state index contributed by atoms with van der Waals surface area (Å²) in [5.41, 5.74) is 0.699. The molecule has 2 heteroatoms. The van der Waals surface area contributed by atoms with Crippen molar-refractivity contribution in [2.45, 2.75) is 18.9 Å². The molecule has 92 valence electrons. The first-order chi connectivity index (χ1) is 8.70. The Labute approximate surface area is 107 Å². The molecule has 2 aromatic rings. The van der Waals surface area contributed by atoms with Crippen LogP contribution in [0.25, 0.3) is 10.8 Å². The van der Waals surface area contributed by atoms with Crippen molar-refractivity contribution < 1.29 is 9.90 Å².